The van der Waals surface area contributed by atoms with Crippen molar-refractivity contribution in [3.63, 3.8) is 0 Å². The first-order chi connectivity index (χ1) is 17.7. The third kappa shape index (κ3) is 4.04. The Balaban J connectivity index is 1.66. The summed E-state index contributed by atoms with van der Waals surface area (Å²) in [4.78, 5) is 28.7. The highest BCUT2D eigenvalue weighted by atomic mass is 19.1. The molecule has 11 nitrogen and oxygen atoms in total. The van der Waals surface area contributed by atoms with Gasteiger partial charge in [0.15, 0.2) is 5.82 Å². The van der Waals surface area contributed by atoms with Crippen molar-refractivity contribution in [1.29, 1.82) is 5.26 Å². The van der Waals surface area contributed by atoms with Crippen LogP contribution in [-0.2, 0) is 0 Å². The van der Waals surface area contributed by atoms with Gasteiger partial charge in [-0.2, -0.15) is 5.26 Å². The van der Waals surface area contributed by atoms with Gasteiger partial charge in [-0.15, -0.1) is 5.10 Å². The maximum Gasteiger partial charge on any atom is 0.335 e. The second-order valence-corrected chi connectivity index (χ2v) is 8.55. The highest BCUT2D eigenvalue weighted by Gasteiger charge is 2.38. The minimum Gasteiger partial charge on any atom is -0.478 e. The van der Waals surface area contributed by atoms with Crippen LogP contribution >= 0.6 is 0 Å². The number of hydrogen-bond donors (Lipinski definition) is 2. The second kappa shape index (κ2) is 8.83. The summed E-state index contributed by atoms with van der Waals surface area (Å²) in [5.41, 5.74) is 6.04. The highest BCUT2D eigenvalue weighted by molar-refractivity contribution is 5.90. The number of aromatic nitrogens is 3. The van der Waals surface area contributed by atoms with Gasteiger partial charge in [0.05, 0.1) is 22.0 Å². The predicted molar refractivity (Wildman–Crippen MR) is 126 cm³/mol. The molecule has 5 rings (SSSR count). The number of fused-ring (bicyclic) bond motifs is 1. The van der Waals surface area contributed by atoms with Crippen molar-refractivity contribution < 1.29 is 23.6 Å². The summed E-state index contributed by atoms with van der Waals surface area (Å²) >= 11 is 0. The molecule has 1 saturated heterocycles. The van der Waals surface area contributed by atoms with Gasteiger partial charge in [0.1, 0.15) is 35.4 Å². The van der Waals surface area contributed by atoms with E-state index in [1.807, 2.05) is 6.07 Å². The summed E-state index contributed by atoms with van der Waals surface area (Å²) in [5, 5.41) is 34.6. The van der Waals surface area contributed by atoms with E-state index < -0.39 is 34.5 Å². The summed E-state index contributed by atoms with van der Waals surface area (Å²) < 4.78 is 30.4. The van der Waals surface area contributed by atoms with Gasteiger partial charge in [0.25, 0.3) is 5.69 Å². The van der Waals surface area contributed by atoms with E-state index in [0.29, 0.717) is 5.52 Å². The van der Waals surface area contributed by atoms with Gasteiger partial charge in [-0.1, -0.05) is 0 Å². The minimum absolute atomic E-state index is 0.00355. The lowest BCUT2D eigenvalue weighted by Crippen LogP contribution is -2.25. The zero-order chi connectivity index (χ0) is 26.4. The van der Waals surface area contributed by atoms with E-state index in [0.717, 1.165) is 30.3 Å². The van der Waals surface area contributed by atoms with Crippen LogP contribution in [0, 0.1) is 33.1 Å². The first-order valence-electron chi connectivity index (χ1n) is 10.9. The molecular formula is C24H17F2N7O4. The van der Waals surface area contributed by atoms with E-state index in [9.17, 15) is 34.1 Å². The number of carbonyl (C=O) groups is 1. The Morgan fingerprint density at radius 3 is 2.70 bits per heavy atom. The number of nitro benzene ring substituents is 1. The summed E-state index contributed by atoms with van der Waals surface area (Å²) in [6.07, 6.45) is 1.44. The molecule has 0 aliphatic carbocycles. The molecule has 0 radical (unpaired) electrons. The molecule has 2 atom stereocenters. The second-order valence-electron chi connectivity index (χ2n) is 8.55. The normalized spacial score (nSPS) is 17.2. The number of non-ortho nitro benzene ring substituents is 1. The van der Waals surface area contributed by atoms with Crippen LogP contribution in [0.25, 0.3) is 5.52 Å². The van der Waals surface area contributed by atoms with Crippen LogP contribution in [0.2, 0.25) is 0 Å². The first kappa shape index (κ1) is 23.6. The summed E-state index contributed by atoms with van der Waals surface area (Å²) in [5.74, 6) is -2.95. The molecule has 1 fully saturated rings. The fourth-order valence-electron chi connectivity index (χ4n) is 4.81. The lowest BCUT2D eigenvalue weighted by atomic mass is 9.90. The van der Waals surface area contributed by atoms with Gasteiger partial charge in [0, 0.05) is 36.2 Å². The van der Waals surface area contributed by atoms with E-state index in [4.69, 9.17) is 5.73 Å². The largest absolute Gasteiger partial charge is 0.478 e. The maximum atomic E-state index is 14.9. The molecule has 0 spiro atoms. The van der Waals surface area contributed by atoms with Crippen molar-refractivity contribution in [1.82, 2.24) is 14.6 Å². The minimum atomic E-state index is -1.27. The van der Waals surface area contributed by atoms with Gasteiger partial charge >= 0.3 is 5.97 Å². The number of carboxylic acid groups (broad SMARTS) is 1. The van der Waals surface area contributed by atoms with E-state index >= 15 is 0 Å². The van der Waals surface area contributed by atoms with Crippen LogP contribution < -0.4 is 10.6 Å². The first-order valence-corrected chi connectivity index (χ1v) is 10.9. The number of aromatic carboxylic acids is 1. The number of nitrogen functional groups attached to an aromatic ring is 1. The molecule has 4 aromatic rings. The fourth-order valence-corrected chi connectivity index (χ4v) is 4.81. The molecule has 2 aromatic carbocycles. The average molecular weight is 505 g/mol. The van der Waals surface area contributed by atoms with Crippen molar-refractivity contribution in [2.45, 2.75) is 18.4 Å². The maximum absolute atomic E-state index is 14.9. The standard InChI is InChI=1S/C24H17F2N7O4/c25-13-1-4-19(26)17(6-13)20-5-12(16-7-14(33(36)37)2-3-15(16)24(34)35)10-31(20)22-8-21-18(9-27)23(28)30-32(21)11-29-22/h1-4,6-8,11-12,20H,5,10H2,(H2,28,30)(H,34,35)/t12-,20-/m1/s1. The Kier molecular flexibility index (Phi) is 5.63. The monoisotopic (exact) mass is 505 g/mol. The molecule has 1 aliphatic heterocycles. The summed E-state index contributed by atoms with van der Waals surface area (Å²) in [6.45, 7) is 0.0801. The molecule has 0 saturated carbocycles. The number of nitrogens with zero attached hydrogens (tertiary/aromatic N) is 6. The van der Waals surface area contributed by atoms with Crippen molar-refractivity contribution in [2.75, 3.05) is 17.2 Å². The van der Waals surface area contributed by atoms with Crippen LogP contribution in [-0.4, -0.2) is 37.1 Å². The van der Waals surface area contributed by atoms with E-state index in [-0.39, 0.29) is 52.5 Å². The number of nitro groups is 1. The quantitative estimate of drug-likeness (QED) is 0.303. The zero-order valence-electron chi connectivity index (χ0n) is 18.9. The third-order valence-corrected chi connectivity index (χ3v) is 6.48. The van der Waals surface area contributed by atoms with Crippen LogP contribution in [0.1, 0.15) is 45.4 Å². The van der Waals surface area contributed by atoms with Crippen molar-refractivity contribution in [3.8, 4) is 6.07 Å². The van der Waals surface area contributed by atoms with Crippen molar-refractivity contribution in [3.05, 3.63) is 92.8 Å². The average Bonchev–Trinajstić information content (AvgIpc) is 3.45. The molecule has 13 heteroatoms. The molecular weight excluding hydrogens is 488 g/mol. The Bertz CT molecular complexity index is 1630. The Morgan fingerprint density at radius 2 is 2.00 bits per heavy atom. The number of halogens is 2. The summed E-state index contributed by atoms with van der Waals surface area (Å²) in [6, 6.07) is 9.19. The number of nitrogens with two attached hydrogens (primary N) is 1. The van der Waals surface area contributed by atoms with E-state index in [2.05, 4.69) is 10.1 Å². The number of nitriles is 1. The molecule has 3 heterocycles. The van der Waals surface area contributed by atoms with Gasteiger partial charge in [0.2, 0.25) is 0 Å². The highest BCUT2D eigenvalue weighted by Crippen LogP contribution is 2.45. The Hall–Kier alpha value is -5.12. The number of carboxylic acids is 1. The van der Waals surface area contributed by atoms with Gasteiger partial charge in [-0.05, 0) is 36.2 Å². The number of rotatable bonds is 5. The van der Waals surface area contributed by atoms with Gasteiger partial charge < -0.3 is 15.7 Å². The molecule has 0 amide bonds. The van der Waals surface area contributed by atoms with E-state index in [1.165, 1.54) is 23.0 Å². The number of hydrogen-bond acceptors (Lipinski definition) is 8. The lowest BCUT2D eigenvalue weighted by molar-refractivity contribution is -0.384. The Labute approximate surface area is 207 Å². The molecule has 37 heavy (non-hydrogen) atoms. The van der Waals surface area contributed by atoms with Crippen LogP contribution in [0.15, 0.2) is 48.8 Å². The van der Waals surface area contributed by atoms with Crippen molar-refractivity contribution in [2.24, 2.45) is 0 Å². The predicted octanol–water partition coefficient (Wildman–Crippen LogP) is 3.80. The Morgan fingerprint density at radius 1 is 1.22 bits per heavy atom. The molecule has 2 aromatic heterocycles. The molecule has 0 bridgehead atoms. The van der Waals surface area contributed by atoms with Crippen molar-refractivity contribution >= 4 is 28.8 Å². The van der Waals surface area contributed by atoms with Gasteiger partial charge in [-0.3, -0.25) is 10.1 Å². The molecule has 186 valence electrons. The zero-order valence-corrected chi connectivity index (χ0v) is 18.9. The smallest absolute Gasteiger partial charge is 0.335 e. The number of benzene rings is 2. The molecule has 1 aliphatic rings. The lowest BCUT2D eigenvalue weighted by Gasteiger charge is -2.26. The fraction of sp³-hybridized carbons (Fsp3) is 0.167. The SMILES string of the molecule is N#Cc1c(N)nn2cnc(N3C[C@H](c4cc([N+](=O)[O-])ccc4C(=O)O)C[C@@H]3c3cc(F)ccc3F)cc12. The number of anilines is 2. The van der Waals surface area contributed by atoms with Crippen LogP contribution in [0.4, 0.5) is 26.1 Å². The van der Waals surface area contributed by atoms with Gasteiger partial charge in [-0.25, -0.2) is 23.1 Å². The molecule has 0 unspecified atom stereocenters. The summed E-state index contributed by atoms with van der Waals surface area (Å²) in [7, 11) is 0. The van der Waals surface area contributed by atoms with Crippen LogP contribution in [0.3, 0.4) is 0 Å². The third-order valence-electron chi connectivity index (χ3n) is 6.48. The molecule has 3 N–H and O–H groups in total. The van der Waals surface area contributed by atoms with E-state index in [1.54, 1.807) is 4.90 Å². The van der Waals surface area contributed by atoms with Crippen LogP contribution in [0.5, 0.6) is 0 Å². The topological polar surface area (TPSA) is 164 Å².